The van der Waals surface area contributed by atoms with Crippen molar-refractivity contribution in [1.29, 1.82) is 0 Å². The van der Waals surface area contributed by atoms with Gasteiger partial charge >= 0.3 is 0 Å². The molecule has 0 aliphatic heterocycles. The van der Waals surface area contributed by atoms with Gasteiger partial charge < -0.3 is 0 Å². The van der Waals surface area contributed by atoms with Crippen molar-refractivity contribution in [2.45, 2.75) is 124 Å². The first-order valence-corrected chi connectivity index (χ1v) is 15.6. The maximum Gasteiger partial charge on any atom is 0.131 e. The SMILES string of the molecule is CC1CCC2CCC3(C)C(=CCC4C5(C)Cc6cnc(C7CC7)nc6C(C)(C)C5CCC43C)C2C1C. The minimum absolute atomic E-state index is 0.131. The van der Waals surface area contributed by atoms with Gasteiger partial charge in [0.1, 0.15) is 5.82 Å². The Hall–Kier alpha value is -1.18. The summed E-state index contributed by atoms with van der Waals surface area (Å²) in [5.41, 5.74) is 5.99. The molecule has 0 aromatic carbocycles. The Morgan fingerprint density at radius 2 is 1.64 bits per heavy atom. The molecule has 6 aliphatic carbocycles. The fourth-order valence-electron chi connectivity index (χ4n) is 11.5. The highest BCUT2D eigenvalue weighted by molar-refractivity contribution is 5.38. The van der Waals surface area contributed by atoms with Gasteiger partial charge in [0, 0.05) is 17.5 Å². The Morgan fingerprint density at radius 1 is 0.861 bits per heavy atom. The summed E-state index contributed by atoms with van der Waals surface area (Å²) in [6.07, 6.45) is 18.7. The van der Waals surface area contributed by atoms with E-state index in [1.165, 1.54) is 75.5 Å². The van der Waals surface area contributed by atoms with Crippen LogP contribution in [0, 0.1) is 51.8 Å². The van der Waals surface area contributed by atoms with E-state index in [0.717, 1.165) is 35.4 Å². The number of hydrogen-bond acceptors (Lipinski definition) is 2. The largest absolute Gasteiger partial charge is 0.241 e. The van der Waals surface area contributed by atoms with Gasteiger partial charge in [0.2, 0.25) is 0 Å². The van der Waals surface area contributed by atoms with E-state index in [-0.39, 0.29) is 5.41 Å². The van der Waals surface area contributed by atoms with Gasteiger partial charge in [0.25, 0.3) is 0 Å². The maximum absolute atomic E-state index is 5.29. The van der Waals surface area contributed by atoms with E-state index in [4.69, 9.17) is 9.97 Å². The molecule has 0 radical (unpaired) electrons. The second-order valence-electron chi connectivity index (χ2n) is 15.8. The van der Waals surface area contributed by atoms with Crippen LogP contribution >= 0.6 is 0 Å². The van der Waals surface area contributed by atoms with Crippen LogP contribution in [0.4, 0.5) is 0 Å². The fourth-order valence-corrected chi connectivity index (χ4v) is 11.5. The van der Waals surface area contributed by atoms with Crippen LogP contribution in [-0.2, 0) is 11.8 Å². The van der Waals surface area contributed by atoms with Crippen molar-refractivity contribution in [2.24, 2.45) is 51.8 Å². The number of aromatic nitrogens is 2. The molecule has 1 aromatic heterocycles. The molecule has 6 aliphatic rings. The van der Waals surface area contributed by atoms with E-state index in [1.807, 2.05) is 5.57 Å². The van der Waals surface area contributed by atoms with Crippen molar-refractivity contribution in [3.05, 3.63) is 34.9 Å². The number of nitrogens with zero attached hydrogens (tertiary/aromatic N) is 2. The Bertz CT molecular complexity index is 1110. The van der Waals surface area contributed by atoms with E-state index in [2.05, 4.69) is 60.7 Å². The van der Waals surface area contributed by atoms with Gasteiger partial charge in [-0.1, -0.05) is 66.5 Å². The number of allylic oxidation sites excluding steroid dienone is 2. The van der Waals surface area contributed by atoms with Crippen molar-refractivity contribution < 1.29 is 0 Å². The summed E-state index contributed by atoms with van der Waals surface area (Å²) < 4.78 is 0. The standard InChI is InChI=1S/C34H50N2/c1-20-8-9-22-14-16-33(6)25(28(22)21(20)2)12-13-27-32(5)18-24-19-35-30(23-10-11-23)36-29(24)31(3,4)26(32)15-17-34(27,33)7/h12,19-23,26-28H,8-11,13-18H2,1-7H3. The topological polar surface area (TPSA) is 25.8 Å². The predicted molar refractivity (Wildman–Crippen MR) is 148 cm³/mol. The molecule has 36 heavy (non-hydrogen) atoms. The van der Waals surface area contributed by atoms with Crippen LogP contribution in [0.25, 0.3) is 0 Å². The molecule has 9 unspecified atom stereocenters. The molecule has 4 saturated carbocycles. The molecule has 196 valence electrons. The van der Waals surface area contributed by atoms with Crippen molar-refractivity contribution in [3.63, 3.8) is 0 Å². The molecular formula is C34H50N2. The van der Waals surface area contributed by atoms with E-state index >= 15 is 0 Å². The van der Waals surface area contributed by atoms with Gasteiger partial charge in [-0.3, -0.25) is 0 Å². The maximum atomic E-state index is 5.29. The highest BCUT2D eigenvalue weighted by Gasteiger charge is 2.67. The summed E-state index contributed by atoms with van der Waals surface area (Å²) in [7, 11) is 0. The third-order valence-electron chi connectivity index (χ3n) is 14.0. The first-order chi connectivity index (χ1) is 17.0. The van der Waals surface area contributed by atoms with E-state index in [9.17, 15) is 0 Å². The lowest BCUT2D eigenvalue weighted by molar-refractivity contribution is -0.154. The fraction of sp³-hybridized carbons (Fsp3) is 0.824. The average Bonchev–Trinajstić information content (AvgIpc) is 3.67. The lowest BCUT2D eigenvalue weighted by Crippen LogP contribution is -2.63. The molecule has 0 amide bonds. The van der Waals surface area contributed by atoms with Crippen molar-refractivity contribution in [1.82, 2.24) is 9.97 Å². The van der Waals surface area contributed by atoms with Crippen LogP contribution in [0.3, 0.4) is 0 Å². The van der Waals surface area contributed by atoms with Gasteiger partial charge in [0.05, 0.1) is 5.69 Å². The van der Waals surface area contributed by atoms with Crippen LogP contribution in [0.15, 0.2) is 17.8 Å². The monoisotopic (exact) mass is 486 g/mol. The predicted octanol–water partition coefficient (Wildman–Crippen LogP) is 8.66. The molecule has 0 N–H and O–H groups in total. The van der Waals surface area contributed by atoms with Crippen LogP contribution < -0.4 is 0 Å². The number of fused-ring (bicyclic) bond motifs is 8. The summed E-state index contributed by atoms with van der Waals surface area (Å²) >= 11 is 0. The Balaban J connectivity index is 1.31. The van der Waals surface area contributed by atoms with Gasteiger partial charge in [-0.15, -0.1) is 0 Å². The first kappa shape index (κ1) is 23.9. The molecule has 2 nitrogen and oxygen atoms in total. The molecule has 1 heterocycles. The molecule has 9 atom stereocenters. The number of rotatable bonds is 1. The quantitative estimate of drug-likeness (QED) is 0.371. The second kappa shape index (κ2) is 7.47. The Labute approximate surface area is 220 Å². The van der Waals surface area contributed by atoms with Crippen molar-refractivity contribution in [2.75, 3.05) is 0 Å². The normalized spacial score (nSPS) is 49.0. The van der Waals surface area contributed by atoms with Crippen LogP contribution in [-0.4, -0.2) is 9.97 Å². The minimum Gasteiger partial charge on any atom is -0.241 e. The second-order valence-corrected chi connectivity index (χ2v) is 15.8. The highest BCUT2D eigenvalue weighted by atomic mass is 14.9. The Kier molecular flexibility index (Phi) is 4.96. The first-order valence-electron chi connectivity index (χ1n) is 15.6. The van der Waals surface area contributed by atoms with Gasteiger partial charge in [-0.05, 0) is 115 Å². The molecule has 1 aromatic rings. The average molecular weight is 487 g/mol. The van der Waals surface area contributed by atoms with E-state index in [1.54, 1.807) is 0 Å². The van der Waals surface area contributed by atoms with E-state index in [0.29, 0.717) is 28.1 Å². The zero-order chi connectivity index (χ0) is 25.3. The highest BCUT2D eigenvalue weighted by Crippen LogP contribution is 2.74. The number of hydrogen-bond donors (Lipinski definition) is 0. The molecule has 0 bridgehead atoms. The summed E-state index contributed by atoms with van der Waals surface area (Å²) in [5, 5.41) is 0. The lowest BCUT2D eigenvalue weighted by atomic mass is 9.34. The zero-order valence-electron chi connectivity index (χ0n) is 24.2. The van der Waals surface area contributed by atoms with Gasteiger partial charge in [0.15, 0.2) is 0 Å². The third kappa shape index (κ3) is 2.91. The van der Waals surface area contributed by atoms with Gasteiger partial charge in [-0.25, -0.2) is 9.97 Å². The van der Waals surface area contributed by atoms with E-state index < -0.39 is 0 Å². The van der Waals surface area contributed by atoms with Gasteiger partial charge in [-0.2, -0.15) is 0 Å². The summed E-state index contributed by atoms with van der Waals surface area (Å²) in [6, 6.07) is 0. The smallest absolute Gasteiger partial charge is 0.131 e. The Morgan fingerprint density at radius 3 is 2.39 bits per heavy atom. The molecule has 4 fully saturated rings. The van der Waals surface area contributed by atoms with Crippen LogP contribution in [0.2, 0.25) is 0 Å². The molecule has 0 saturated heterocycles. The summed E-state index contributed by atoms with van der Waals surface area (Å²) in [5.74, 6) is 6.74. The molecular weight excluding hydrogens is 436 g/mol. The molecule has 0 spiro atoms. The van der Waals surface area contributed by atoms with Crippen LogP contribution in [0.5, 0.6) is 0 Å². The van der Waals surface area contributed by atoms with Crippen molar-refractivity contribution in [3.8, 4) is 0 Å². The third-order valence-corrected chi connectivity index (χ3v) is 14.0. The zero-order valence-corrected chi connectivity index (χ0v) is 24.2. The lowest BCUT2D eigenvalue weighted by Gasteiger charge is -2.70. The molecule has 7 rings (SSSR count). The molecule has 2 heteroatoms. The minimum atomic E-state index is 0.131. The van der Waals surface area contributed by atoms with Crippen molar-refractivity contribution >= 4 is 0 Å². The van der Waals surface area contributed by atoms with Crippen LogP contribution in [0.1, 0.15) is 129 Å². The summed E-state index contributed by atoms with van der Waals surface area (Å²) in [4.78, 5) is 10.2. The summed E-state index contributed by atoms with van der Waals surface area (Å²) in [6.45, 7) is 18.4.